The van der Waals surface area contributed by atoms with Crippen LogP contribution in [0.5, 0.6) is 11.6 Å². The van der Waals surface area contributed by atoms with Gasteiger partial charge in [-0.15, -0.1) is 0 Å². The Morgan fingerprint density at radius 1 is 0.732 bits per heavy atom. The smallest absolute Gasteiger partial charge is 0.246 e. The molecule has 3 N–H and O–H groups in total. The number of aromatic nitrogens is 3. The van der Waals surface area contributed by atoms with Gasteiger partial charge in [-0.1, -0.05) is 75.6 Å². The summed E-state index contributed by atoms with van der Waals surface area (Å²) in [5.41, 5.74) is 8.54. The molecule has 14 nitrogen and oxygen atoms in total. The Kier molecular flexibility index (Phi) is 16.9. The zero-order valence-electron chi connectivity index (χ0n) is 41.2. The first kappa shape index (κ1) is 49.6. The van der Waals surface area contributed by atoms with E-state index in [0.29, 0.717) is 77.3 Å². The van der Waals surface area contributed by atoms with Crippen molar-refractivity contribution in [2.75, 3.05) is 52.9 Å². The van der Waals surface area contributed by atoms with Crippen molar-refractivity contribution in [3.8, 4) is 22.8 Å². The van der Waals surface area contributed by atoms with Crippen LogP contribution in [0.2, 0.25) is 0 Å². The highest BCUT2D eigenvalue weighted by molar-refractivity contribution is 6.07. The lowest BCUT2D eigenvalue weighted by atomic mass is 9.82. The van der Waals surface area contributed by atoms with Crippen molar-refractivity contribution >= 4 is 39.5 Å². The summed E-state index contributed by atoms with van der Waals surface area (Å²) in [4.78, 5) is 56.7. The second-order valence-corrected chi connectivity index (χ2v) is 19.2. The number of fused-ring (bicyclic) bond motifs is 5. The normalized spacial score (nSPS) is 17.8. The van der Waals surface area contributed by atoms with Gasteiger partial charge in [0.25, 0.3) is 0 Å². The van der Waals surface area contributed by atoms with Crippen LogP contribution in [0.15, 0.2) is 97.5 Å². The number of rotatable bonds is 22. The van der Waals surface area contributed by atoms with Crippen molar-refractivity contribution in [1.29, 1.82) is 0 Å². The van der Waals surface area contributed by atoms with Gasteiger partial charge in [0.15, 0.2) is 0 Å². The van der Waals surface area contributed by atoms with Gasteiger partial charge in [-0.25, -0.2) is 4.98 Å². The van der Waals surface area contributed by atoms with Gasteiger partial charge in [0.05, 0.1) is 45.7 Å². The first-order chi connectivity index (χ1) is 34.8. The Bertz CT molecular complexity index is 2740. The molecule has 3 aromatic heterocycles. The van der Waals surface area contributed by atoms with Crippen LogP contribution in [0.3, 0.4) is 0 Å². The minimum atomic E-state index is -0.718. The van der Waals surface area contributed by atoms with E-state index in [0.717, 1.165) is 101 Å². The van der Waals surface area contributed by atoms with E-state index in [4.69, 9.17) is 23.7 Å². The predicted molar refractivity (Wildman–Crippen MR) is 273 cm³/mol. The van der Waals surface area contributed by atoms with Gasteiger partial charge < -0.3 is 44.2 Å². The number of H-pyrrole nitrogens is 1. The van der Waals surface area contributed by atoms with Gasteiger partial charge in [-0.05, 0) is 103 Å². The molecule has 71 heavy (non-hydrogen) atoms. The number of ether oxygens (including phenoxy) is 5. The average Bonchev–Trinajstić information content (AvgIpc) is 3.79. The van der Waals surface area contributed by atoms with Crippen LogP contribution < -0.4 is 20.1 Å². The number of nitrogens with one attached hydrogen (secondary N) is 3. The Balaban J connectivity index is 0.708. The summed E-state index contributed by atoms with van der Waals surface area (Å²) in [6, 6.07) is 24.9. The maximum absolute atomic E-state index is 14.9. The fourth-order valence-corrected chi connectivity index (χ4v) is 10.3. The zero-order valence-corrected chi connectivity index (χ0v) is 41.2. The quantitative estimate of drug-likeness (QED) is 0.0560. The van der Waals surface area contributed by atoms with E-state index in [-0.39, 0.29) is 42.1 Å². The molecule has 1 fully saturated rings. The molecule has 4 atom stereocenters. The van der Waals surface area contributed by atoms with Crippen LogP contribution >= 0.6 is 0 Å². The number of carbonyl (C=O) groups is 3. The molecule has 374 valence electrons. The lowest BCUT2D eigenvalue weighted by Gasteiger charge is -2.41. The molecule has 14 heteroatoms. The number of amides is 3. The standard InChI is InChI=1S/C57H68N6O8/c1-3-38(2)55(64)62-54(40-11-5-4-6-12-40)57(66)63-37-44-32-45(19-16-42(44)34-52(63)56(65)61-49-15-9-13-39-10-7-8-14-46(39)49)70-30-28-68-26-24-67-25-27-69-29-31-71-53-21-18-43(35-59-53)41-17-20-47-48-36-58-23-22-50(48)60-51(47)33-41/h7-8,10,14,16-23,32-33,35-36,38,40,49,52,54,60H,3-6,9,11-13,15,24-31,34,37H2,1-2H3,(H,61,65)(H,62,64)/t38-,49+,52-,54+/m1/s1. The highest BCUT2D eigenvalue weighted by atomic mass is 16.6. The predicted octanol–water partition coefficient (Wildman–Crippen LogP) is 8.84. The molecule has 1 saturated carbocycles. The van der Waals surface area contributed by atoms with Gasteiger partial charge >= 0.3 is 0 Å². The number of hydrogen-bond acceptors (Lipinski definition) is 10. The van der Waals surface area contributed by atoms with E-state index in [1.807, 2.05) is 74.8 Å². The molecule has 0 radical (unpaired) electrons. The topological polar surface area (TPSA) is 166 Å². The van der Waals surface area contributed by atoms with Crippen LogP contribution in [0.4, 0.5) is 0 Å². The van der Waals surface area contributed by atoms with Crippen LogP contribution in [0.1, 0.15) is 93.5 Å². The molecule has 6 aromatic rings. The van der Waals surface area contributed by atoms with E-state index >= 15 is 0 Å². The summed E-state index contributed by atoms with van der Waals surface area (Å²) in [6.07, 6.45) is 14.3. The maximum atomic E-state index is 14.9. The lowest BCUT2D eigenvalue weighted by Crippen LogP contribution is -2.60. The van der Waals surface area contributed by atoms with Gasteiger partial charge in [0.2, 0.25) is 23.6 Å². The summed E-state index contributed by atoms with van der Waals surface area (Å²) in [5, 5.41) is 8.79. The van der Waals surface area contributed by atoms with Crippen LogP contribution in [-0.2, 0) is 48.0 Å². The third-order valence-corrected chi connectivity index (χ3v) is 14.5. The van der Waals surface area contributed by atoms with Gasteiger partial charge in [-0.3, -0.25) is 19.4 Å². The largest absolute Gasteiger partial charge is 0.491 e. The van der Waals surface area contributed by atoms with E-state index in [1.165, 1.54) is 5.56 Å². The molecular formula is C57H68N6O8. The fourth-order valence-electron chi connectivity index (χ4n) is 10.3. The monoisotopic (exact) mass is 965 g/mol. The van der Waals surface area contributed by atoms with Gasteiger partial charge in [0, 0.05) is 70.9 Å². The summed E-state index contributed by atoms with van der Waals surface area (Å²) < 4.78 is 29.1. The molecule has 0 bridgehead atoms. The van der Waals surface area contributed by atoms with Crippen molar-refractivity contribution in [1.82, 2.24) is 30.5 Å². The van der Waals surface area contributed by atoms with E-state index in [9.17, 15) is 14.4 Å². The molecule has 0 saturated heterocycles. The molecular weight excluding hydrogens is 897 g/mol. The maximum Gasteiger partial charge on any atom is 0.246 e. The van der Waals surface area contributed by atoms with E-state index in [2.05, 4.69) is 55.9 Å². The van der Waals surface area contributed by atoms with Crippen LogP contribution in [0.25, 0.3) is 32.9 Å². The van der Waals surface area contributed by atoms with Crippen molar-refractivity contribution in [2.45, 2.75) is 103 Å². The second-order valence-electron chi connectivity index (χ2n) is 19.2. The molecule has 3 aromatic carbocycles. The molecule has 2 aliphatic carbocycles. The Morgan fingerprint density at radius 3 is 2.27 bits per heavy atom. The molecule has 0 spiro atoms. The SMILES string of the molecule is CC[C@@H](C)C(=O)N[C@H](C(=O)N1Cc2cc(OCCOCCOCCOCCOc3ccc(-c4ccc5c(c4)[nH]c4ccncc45)cn3)ccc2C[C@@H]1C(=O)N[C@H]1CCCc2ccccc21)C1CCCCC1. The van der Waals surface area contributed by atoms with Gasteiger partial charge in [-0.2, -0.15) is 0 Å². The number of nitrogens with zero attached hydrogens (tertiary/aromatic N) is 3. The number of pyridine rings is 2. The van der Waals surface area contributed by atoms with Crippen LogP contribution in [-0.4, -0.2) is 103 Å². The number of benzene rings is 3. The molecule has 3 aliphatic rings. The van der Waals surface area contributed by atoms with Crippen molar-refractivity contribution in [3.05, 3.63) is 120 Å². The second kappa shape index (κ2) is 24.2. The van der Waals surface area contributed by atoms with Crippen LogP contribution in [0, 0.1) is 11.8 Å². The zero-order chi connectivity index (χ0) is 48.9. The molecule has 4 heterocycles. The van der Waals surface area contributed by atoms with Gasteiger partial charge in [0.1, 0.15) is 31.0 Å². The van der Waals surface area contributed by atoms with Crippen molar-refractivity contribution < 1.29 is 38.1 Å². The molecule has 3 amide bonds. The Morgan fingerprint density at radius 2 is 1.49 bits per heavy atom. The lowest BCUT2D eigenvalue weighted by molar-refractivity contribution is -0.146. The first-order valence-corrected chi connectivity index (χ1v) is 25.7. The van der Waals surface area contributed by atoms with E-state index < -0.39 is 12.1 Å². The third-order valence-electron chi connectivity index (χ3n) is 14.5. The highest BCUT2D eigenvalue weighted by Gasteiger charge is 2.42. The molecule has 9 rings (SSSR count). The molecule has 0 unspecified atom stereocenters. The third kappa shape index (κ3) is 12.4. The number of carbonyl (C=O) groups excluding carboxylic acids is 3. The fraction of sp³-hybridized carbons (Fsp3) is 0.456. The summed E-state index contributed by atoms with van der Waals surface area (Å²) in [6.45, 7) is 7.31. The summed E-state index contributed by atoms with van der Waals surface area (Å²) in [7, 11) is 0. The van der Waals surface area contributed by atoms with Crippen molar-refractivity contribution in [2.24, 2.45) is 11.8 Å². The average molecular weight is 965 g/mol. The van der Waals surface area contributed by atoms with Crippen molar-refractivity contribution in [3.63, 3.8) is 0 Å². The highest BCUT2D eigenvalue weighted by Crippen LogP contribution is 2.35. The number of aryl methyl sites for hydroxylation is 1. The Labute approximate surface area is 416 Å². The number of hydrogen-bond donors (Lipinski definition) is 3. The Hall–Kier alpha value is -6.35. The first-order valence-electron chi connectivity index (χ1n) is 25.7. The summed E-state index contributed by atoms with van der Waals surface area (Å²) in [5.74, 6) is 0.546. The molecule has 1 aliphatic heterocycles. The van der Waals surface area contributed by atoms with E-state index in [1.54, 1.807) is 11.1 Å². The minimum absolute atomic E-state index is 0.0196. The number of aromatic amines is 1. The summed E-state index contributed by atoms with van der Waals surface area (Å²) >= 11 is 0. The minimum Gasteiger partial charge on any atom is -0.491 e.